The number of nitrogens with one attached hydrogen (secondary N) is 4. The van der Waals surface area contributed by atoms with Gasteiger partial charge in [-0.2, -0.15) is 0 Å². The molecule has 3 saturated heterocycles. The van der Waals surface area contributed by atoms with Gasteiger partial charge in [-0.05, 0) is 63.5 Å². The van der Waals surface area contributed by atoms with Crippen LogP contribution in [0.1, 0.15) is 56.9 Å². The van der Waals surface area contributed by atoms with Gasteiger partial charge in [-0.15, -0.1) is 0 Å². The fourth-order valence-corrected chi connectivity index (χ4v) is 6.45. The van der Waals surface area contributed by atoms with Crippen LogP contribution in [-0.4, -0.2) is 115 Å². The minimum absolute atomic E-state index is 0.0502. The van der Waals surface area contributed by atoms with Crippen molar-refractivity contribution in [3.8, 4) is 0 Å². The first kappa shape index (κ1) is 35.3. The molecule has 0 unspecified atom stereocenters. The zero-order valence-electron chi connectivity index (χ0n) is 26.7. The zero-order valence-corrected chi connectivity index (χ0v) is 26.7. The Labute approximate surface area is 274 Å². The van der Waals surface area contributed by atoms with Gasteiger partial charge in [-0.25, -0.2) is 0 Å². The minimum atomic E-state index is -0.968. The topological polar surface area (TPSA) is 221 Å². The lowest BCUT2D eigenvalue weighted by atomic mass is 10.0. The molecule has 15 heteroatoms. The van der Waals surface area contributed by atoms with E-state index in [1.165, 1.54) is 9.80 Å². The molecule has 5 atom stereocenters. The number of nitrogens with zero attached hydrogens (tertiary/aromatic N) is 3. The lowest BCUT2D eigenvalue weighted by molar-refractivity contribution is -0.148. The Morgan fingerprint density at radius 3 is 2.34 bits per heavy atom. The molecule has 3 aliphatic rings. The van der Waals surface area contributed by atoms with E-state index in [-0.39, 0.29) is 36.8 Å². The molecule has 0 radical (unpaired) electrons. The summed E-state index contributed by atoms with van der Waals surface area (Å²) in [7, 11) is 0. The first-order valence-corrected chi connectivity index (χ1v) is 16.4. The van der Waals surface area contributed by atoms with E-state index < -0.39 is 41.9 Å². The van der Waals surface area contributed by atoms with Crippen LogP contribution >= 0.6 is 0 Å². The van der Waals surface area contributed by atoms with Gasteiger partial charge in [0.1, 0.15) is 24.4 Å². The number of aliphatic imine (C=N–C) groups is 1. The van der Waals surface area contributed by atoms with E-state index in [1.807, 2.05) is 30.3 Å². The highest BCUT2D eigenvalue weighted by Crippen LogP contribution is 2.26. The highest BCUT2D eigenvalue weighted by atomic mass is 16.2. The predicted octanol–water partition coefficient (Wildman–Crippen LogP) is -1.70. The van der Waals surface area contributed by atoms with Crippen LogP contribution in [0, 0.1) is 0 Å². The number of guanidine groups is 1. The Morgan fingerprint density at radius 1 is 0.936 bits per heavy atom. The van der Waals surface area contributed by atoms with E-state index in [2.05, 4.69) is 26.3 Å². The molecule has 3 heterocycles. The minimum Gasteiger partial charge on any atom is -0.370 e. The second kappa shape index (κ2) is 17.4. The van der Waals surface area contributed by atoms with Crippen molar-refractivity contribution in [3.63, 3.8) is 0 Å². The molecule has 0 bridgehead atoms. The monoisotopic (exact) mass is 653 g/mol. The van der Waals surface area contributed by atoms with E-state index in [9.17, 15) is 28.8 Å². The Morgan fingerprint density at radius 2 is 1.66 bits per heavy atom. The van der Waals surface area contributed by atoms with Gasteiger partial charge in [0.2, 0.25) is 29.5 Å². The van der Waals surface area contributed by atoms with Crippen LogP contribution in [0.3, 0.4) is 0 Å². The number of aldehydes is 1. The first-order chi connectivity index (χ1) is 22.7. The molecule has 0 saturated carbocycles. The Kier molecular flexibility index (Phi) is 13.1. The van der Waals surface area contributed by atoms with Gasteiger partial charge >= 0.3 is 0 Å². The molecule has 0 aromatic heterocycles. The normalized spacial score (nSPS) is 21.8. The summed E-state index contributed by atoms with van der Waals surface area (Å²) in [6.07, 6.45) is 5.33. The van der Waals surface area contributed by atoms with Crippen LogP contribution in [0.15, 0.2) is 35.3 Å². The number of carbonyl (C=O) groups excluding carboxylic acids is 6. The third kappa shape index (κ3) is 9.98. The van der Waals surface area contributed by atoms with Crippen LogP contribution in [0.25, 0.3) is 0 Å². The van der Waals surface area contributed by atoms with Crippen molar-refractivity contribution >= 4 is 41.8 Å². The fraction of sp³-hybridized carbons (Fsp3) is 0.594. The molecule has 1 aromatic carbocycles. The summed E-state index contributed by atoms with van der Waals surface area (Å²) in [6, 6.07) is 5.64. The lowest BCUT2D eigenvalue weighted by Crippen LogP contribution is -2.57. The third-order valence-electron chi connectivity index (χ3n) is 8.83. The molecule has 3 aliphatic heterocycles. The number of carbonyl (C=O) groups is 6. The largest absolute Gasteiger partial charge is 0.370 e. The standard InChI is InChI=1S/C32H47N9O6/c33-32(34)36-15-4-10-22(20-42)38-29(45)25-12-6-16-40(25)31(47)26-13-7-17-41(26)30(46)24(18-21-8-2-1-3-9-21)39-27(43)19-37-28(44)23-11-5-14-35-23/h1-3,8-9,20,22-26,35H,4-7,10-19H2,(H,37,44)(H,38,45)(H,39,43)(H4,33,34,36)/t22-,23-,24-,25-,26-/m0/s1. The summed E-state index contributed by atoms with van der Waals surface area (Å²) >= 11 is 0. The maximum Gasteiger partial charge on any atom is 0.246 e. The second-order valence-electron chi connectivity index (χ2n) is 12.3. The number of hydrogen-bond acceptors (Lipinski definition) is 8. The molecule has 0 aliphatic carbocycles. The highest BCUT2D eigenvalue weighted by molar-refractivity contribution is 5.96. The van der Waals surface area contributed by atoms with Crippen LogP contribution in [0.5, 0.6) is 0 Å². The van der Waals surface area contributed by atoms with Crippen molar-refractivity contribution in [2.24, 2.45) is 16.5 Å². The molecular weight excluding hydrogens is 606 g/mol. The quantitative estimate of drug-likeness (QED) is 0.0549. The predicted molar refractivity (Wildman–Crippen MR) is 173 cm³/mol. The van der Waals surface area contributed by atoms with Crippen molar-refractivity contribution in [1.29, 1.82) is 0 Å². The summed E-state index contributed by atoms with van der Waals surface area (Å²) < 4.78 is 0. The van der Waals surface area contributed by atoms with Gasteiger partial charge < -0.3 is 47.3 Å². The van der Waals surface area contributed by atoms with Crippen molar-refractivity contribution in [2.45, 2.75) is 88.0 Å². The molecular formula is C32H47N9O6. The van der Waals surface area contributed by atoms with Crippen molar-refractivity contribution in [1.82, 2.24) is 31.1 Å². The smallest absolute Gasteiger partial charge is 0.246 e. The zero-order chi connectivity index (χ0) is 33.8. The number of amides is 5. The van der Waals surface area contributed by atoms with Crippen molar-refractivity contribution in [3.05, 3.63) is 35.9 Å². The van der Waals surface area contributed by atoms with Gasteiger partial charge in [0.25, 0.3) is 0 Å². The second-order valence-corrected chi connectivity index (χ2v) is 12.3. The molecule has 5 amide bonds. The molecule has 0 spiro atoms. The van der Waals surface area contributed by atoms with Crippen LogP contribution in [0.4, 0.5) is 0 Å². The van der Waals surface area contributed by atoms with Gasteiger partial charge in [-0.1, -0.05) is 30.3 Å². The lowest BCUT2D eigenvalue weighted by Gasteiger charge is -2.33. The van der Waals surface area contributed by atoms with E-state index >= 15 is 0 Å². The average molecular weight is 654 g/mol. The van der Waals surface area contributed by atoms with E-state index in [0.717, 1.165) is 18.5 Å². The molecule has 8 N–H and O–H groups in total. The summed E-state index contributed by atoms with van der Waals surface area (Å²) in [5.41, 5.74) is 11.5. The van der Waals surface area contributed by atoms with Crippen molar-refractivity contribution in [2.75, 3.05) is 32.7 Å². The summed E-state index contributed by atoms with van der Waals surface area (Å²) in [5.74, 6) is -1.97. The van der Waals surface area contributed by atoms with Gasteiger partial charge in [-0.3, -0.25) is 29.0 Å². The number of nitrogens with two attached hydrogens (primary N) is 2. The SMILES string of the molecule is NC(N)=NCCC[C@@H](C=O)NC(=O)[C@@H]1CCCN1C(=O)[C@@H]1CCCN1C(=O)[C@H](Cc1ccccc1)NC(=O)CNC(=O)[C@@H]1CCCN1. The molecule has 256 valence electrons. The molecule has 3 fully saturated rings. The summed E-state index contributed by atoms with van der Waals surface area (Å²) in [4.78, 5) is 85.1. The number of hydrogen-bond donors (Lipinski definition) is 6. The number of benzene rings is 1. The first-order valence-electron chi connectivity index (χ1n) is 16.4. The fourth-order valence-electron chi connectivity index (χ4n) is 6.45. The number of rotatable bonds is 15. The van der Waals surface area contributed by atoms with Crippen molar-refractivity contribution < 1.29 is 28.8 Å². The van der Waals surface area contributed by atoms with Gasteiger partial charge in [0.15, 0.2) is 5.96 Å². The number of likely N-dealkylation sites (tertiary alicyclic amines) is 2. The van der Waals surface area contributed by atoms with E-state index in [1.54, 1.807) is 0 Å². The highest BCUT2D eigenvalue weighted by Gasteiger charge is 2.43. The summed E-state index contributed by atoms with van der Waals surface area (Å²) in [5, 5.41) is 11.3. The van der Waals surface area contributed by atoms with Crippen LogP contribution < -0.4 is 32.7 Å². The Balaban J connectivity index is 1.40. The third-order valence-corrected chi connectivity index (χ3v) is 8.83. The maximum absolute atomic E-state index is 14.0. The molecule has 47 heavy (non-hydrogen) atoms. The molecule has 1 aromatic rings. The van der Waals surface area contributed by atoms with Crippen LogP contribution in [0.2, 0.25) is 0 Å². The molecule has 4 rings (SSSR count). The van der Waals surface area contributed by atoms with E-state index in [4.69, 9.17) is 11.5 Å². The summed E-state index contributed by atoms with van der Waals surface area (Å²) in [6.45, 7) is 1.47. The molecule has 15 nitrogen and oxygen atoms in total. The maximum atomic E-state index is 14.0. The van der Waals surface area contributed by atoms with E-state index in [0.29, 0.717) is 70.9 Å². The Bertz CT molecular complexity index is 1300. The Hall–Kier alpha value is -4.53. The van der Waals surface area contributed by atoms with Gasteiger partial charge in [0, 0.05) is 26.1 Å². The van der Waals surface area contributed by atoms with Gasteiger partial charge in [0.05, 0.1) is 18.6 Å². The van der Waals surface area contributed by atoms with Crippen LogP contribution in [-0.2, 0) is 35.2 Å². The average Bonchev–Trinajstić information content (AvgIpc) is 3.87.